The van der Waals surface area contributed by atoms with Crippen LogP contribution in [0.1, 0.15) is 23.2 Å². The zero-order valence-corrected chi connectivity index (χ0v) is 13.3. The van der Waals surface area contributed by atoms with Gasteiger partial charge in [-0.05, 0) is 49.1 Å². The van der Waals surface area contributed by atoms with Gasteiger partial charge in [-0.25, -0.2) is 4.98 Å². The van der Waals surface area contributed by atoms with Gasteiger partial charge < -0.3 is 5.73 Å². The molecule has 0 unspecified atom stereocenters. The van der Waals surface area contributed by atoms with E-state index in [0.717, 1.165) is 16.4 Å². The summed E-state index contributed by atoms with van der Waals surface area (Å²) in [5.41, 5.74) is 10.0. The molecule has 0 saturated carbocycles. The van der Waals surface area contributed by atoms with Crippen molar-refractivity contribution in [1.82, 2.24) is 9.38 Å². The number of fused-ring (bicyclic) bond motifs is 2. The summed E-state index contributed by atoms with van der Waals surface area (Å²) < 4.78 is 2.17. The molecule has 0 amide bonds. The average Bonchev–Trinajstić information content (AvgIpc) is 3.17. The molecule has 4 rings (SSSR count). The summed E-state index contributed by atoms with van der Waals surface area (Å²) in [7, 11) is 0. The number of benzene rings is 1. The topological polar surface area (TPSA) is 43.3 Å². The lowest BCUT2D eigenvalue weighted by molar-refractivity contribution is 0.878. The molecule has 1 aromatic carbocycles. The molecule has 2 N–H and O–H groups in total. The summed E-state index contributed by atoms with van der Waals surface area (Å²) >= 11 is 3.45. The lowest BCUT2D eigenvalue weighted by atomic mass is 10.1. The Balaban J connectivity index is 1.70. The summed E-state index contributed by atoms with van der Waals surface area (Å²) in [4.78, 5) is 7.12. The lowest BCUT2D eigenvalue weighted by Gasteiger charge is -2.05. The molecule has 0 aliphatic heterocycles. The van der Waals surface area contributed by atoms with Gasteiger partial charge in [0.2, 0.25) is 0 Å². The largest absolute Gasteiger partial charge is 0.330 e. The third-order valence-electron chi connectivity index (χ3n) is 3.99. The van der Waals surface area contributed by atoms with E-state index in [9.17, 15) is 0 Å². The molecule has 5 heteroatoms. The van der Waals surface area contributed by atoms with Crippen LogP contribution in [0.25, 0.3) is 4.96 Å². The Labute approximate surface area is 132 Å². The van der Waals surface area contributed by atoms with E-state index in [1.807, 2.05) is 0 Å². The van der Waals surface area contributed by atoms with Gasteiger partial charge in [0.25, 0.3) is 0 Å². The molecule has 3 aromatic rings. The first kappa shape index (κ1) is 13.4. The summed E-state index contributed by atoms with van der Waals surface area (Å²) in [6, 6.07) is 6.85. The van der Waals surface area contributed by atoms with E-state index in [0.29, 0.717) is 6.54 Å². The van der Waals surface area contributed by atoms with E-state index < -0.39 is 0 Å². The van der Waals surface area contributed by atoms with Gasteiger partial charge >= 0.3 is 0 Å². The van der Waals surface area contributed by atoms with Crippen molar-refractivity contribution in [2.45, 2.75) is 35.6 Å². The monoisotopic (exact) mass is 315 g/mol. The Hall–Kier alpha value is -1.30. The zero-order chi connectivity index (χ0) is 14.2. The minimum atomic E-state index is 0.654. The highest BCUT2D eigenvalue weighted by molar-refractivity contribution is 7.99. The van der Waals surface area contributed by atoms with Crippen LogP contribution in [0.5, 0.6) is 0 Å². The van der Waals surface area contributed by atoms with E-state index in [-0.39, 0.29) is 0 Å². The van der Waals surface area contributed by atoms with E-state index in [1.165, 1.54) is 41.0 Å². The van der Waals surface area contributed by atoms with Gasteiger partial charge in [-0.1, -0.05) is 17.8 Å². The van der Waals surface area contributed by atoms with E-state index in [1.54, 1.807) is 23.1 Å². The van der Waals surface area contributed by atoms with Crippen LogP contribution in [-0.2, 0) is 19.3 Å². The first-order chi connectivity index (χ1) is 10.3. The summed E-state index contributed by atoms with van der Waals surface area (Å²) in [5.74, 6) is 0. The van der Waals surface area contributed by atoms with Crippen LogP contribution in [0.2, 0.25) is 0 Å². The normalized spacial score (nSPS) is 14.0. The highest BCUT2D eigenvalue weighted by Crippen LogP contribution is 2.34. The standard InChI is InChI=1S/C16H17N3S2/c17-7-6-14-15(18-16-19(14)8-9-20-16)21-13-5-4-11-2-1-3-12(11)10-13/h4-5,8-10H,1-3,6-7,17H2. The molecule has 1 aliphatic rings. The third kappa shape index (κ3) is 2.39. The molecule has 0 atom stereocenters. The highest BCUT2D eigenvalue weighted by atomic mass is 32.2. The SMILES string of the molecule is NCCc1c(Sc2ccc3c(c2)CCC3)nc2sccn12. The molecule has 3 nitrogen and oxygen atoms in total. The summed E-state index contributed by atoms with van der Waals surface area (Å²) in [6.45, 7) is 0.654. The predicted molar refractivity (Wildman–Crippen MR) is 88.4 cm³/mol. The average molecular weight is 315 g/mol. The van der Waals surface area contributed by atoms with Crippen LogP contribution in [0.3, 0.4) is 0 Å². The van der Waals surface area contributed by atoms with Crippen molar-refractivity contribution in [3.8, 4) is 0 Å². The Morgan fingerprint density at radius 2 is 2.19 bits per heavy atom. The van der Waals surface area contributed by atoms with Crippen LogP contribution in [0.4, 0.5) is 0 Å². The molecule has 1 aliphatic carbocycles. The Kier molecular flexibility index (Phi) is 3.49. The van der Waals surface area contributed by atoms with E-state index in [4.69, 9.17) is 10.7 Å². The minimum Gasteiger partial charge on any atom is -0.330 e. The van der Waals surface area contributed by atoms with Gasteiger partial charge in [0.1, 0.15) is 5.03 Å². The Bertz CT molecular complexity index is 788. The molecule has 0 radical (unpaired) electrons. The maximum Gasteiger partial charge on any atom is 0.194 e. The number of imidazole rings is 1. The lowest BCUT2D eigenvalue weighted by Crippen LogP contribution is -2.05. The van der Waals surface area contributed by atoms with Crippen molar-refractivity contribution in [3.63, 3.8) is 0 Å². The van der Waals surface area contributed by atoms with Gasteiger partial charge in [-0.15, -0.1) is 11.3 Å². The second-order valence-electron chi connectivity index (χ2n) is 5.34. The highest BCUT2D eigenvalue weighted by Gasteiger charge is 2.16. The molecule has 0 saturated heterocycles. The minimum absolute atomic E-state index is 0.654. The number of thiazole rings is 1. The number of nitrogens with two attached hydrogens (primary N) is 1. The summed E-state index contributed by atoms with van der Waals surface area (Å²) in [5, 5.41) is 3.18. The van der Waals surface area contributed by atoms with Gasteiger partial charge in [-0.3, -0.25) is 4.40 Å². The molecular weight excluding hydrogens is 298 g/mol. The van der Waals surface area contributed by atoms with Gasteiger partial charge in [-0.2, -0.15) is 0 Å². The van der Waals surface area contributed by atoms with Crippen LogP contribution in [0, 0.1) is 0 Å². The Morgan fingerprint density at radius 3 is 3.10 bits per heavy atom. The summed E-state index contributed by atoms with van der Waals surface area (Å²) in [6.07, 6.45) is 6.70. The molecule has 0 spiro atoms. The quantitative estimate of drug-likeness (QED) is 0.801. The Morgan fingerprint density at radius 1 is 1.29 bits per heavy atom. The smallest absolute Gasteiger partial charge is 0.194 e. The molecule has 0 bridgehead atoms. The van der Waals surface area contributed by atoms with Crippen LogP contribution >= 0.6 is 23.1 Å². The molecule has 21 heavy (non-hydrogen) atoms. The second kappa shape index (κ2) is 5.48. The fraction of sp³-hybridized carbons (Fsp3) is 0.312. The first-order valence-electron chi connectivity index (χ1n) is 7.29. The van der Waals surface area contributed by atoms with Crippen molar-refractivity contribution in [3.05, 3.63) is 46.6 Å². The molecule has 2 heterocycles. The van der Waals surface area contributed by atoms with Crippen molar-refractivity contribution in [1.29, 1.82) is 0 Å². The predicted octanol–water partition coefficient (Wildman–Crippen LogP) is 3.54. The van der Waals surface area contributed by atoms with Crippen LogP contribution in [0.15, 0.2) is 39.7 Å². The molecule has 0 fully saturated rings. The maximum absolute atomic E-state index is 5.77. The number of hydrogen-bond donors (Lipinski definition) is 1. The fourth-order valence-electron chi connectivity index (χ4n) is 2.98. The number of aryl methyl sites for hydroxylation is 2. The zero-order valence-electron chi connectivity index (χ0n) is 11.7. The van der Waals surface area contributed by atoms with Gasteiger partial charge in [0.15, 0.2) is 4.96 Å². The van der Waals surface area contributed by atoms with Crippen LogP contribution in [-0.4, -0.2) is 15.9 Å². The van der Waals surface area contributed by atoms with Crippen molar-refractivity contribution < 1.29 is 0 Å². The second-order valence-corrected chi connectivity index (χ2v) is 7.28. The number of hydrogen-bond acceptors (Lipinski definition) is 4. The van der Waals surface area contributed by atoms with E-state index in [2.05, 4.69) is 34.2 Å². The van der Waals surface area contributed by atoms with Gasteiger partial charge in [0, 0.05) is 22.9 Å². The first-order valence-corrected chi connectivity index (χ1v) is 8.99. The van der Waals surface area contributed by atoms with Crippen molar-refractivity contribution in [2.75, 3.05) is 6.54 Å². The number of aromatic nitrogens is 2. The molecule has 2 aromatic heterocycles. The van der Waals surface area contributed by atoms with Gasteiger partial charge in [0.05, 0.1) is 5.69 Å². The van der Waals surface area contributed by atoms with Crippen LogP contribution < -0.4 is 5.73 Å². The van der Waals surface area contributed by atoms with Crippen molar-refractivity contribution >= 4 is 28.1 Å². The number of nitrogens with zero attached hydrogens (tertiary/aromatic N) is 2. The molecular formula is C16H17N3S2. The maximum atomic E-state index is 5.77. The number of rotatable bonds is 4. The fourth-order valence-corrected chi connectivity index (χ4v) is 4.78. The third-order valence-corrected chi connectivity index (χ3v) is 5.76. The van der Waals surface area contributed by atoms with Crippen molar-refractivity contribution in [2.24, 2.45) is 5.73 Å². The molecule has 108 valence electrons. The van der Waals surface area contributed by atoms with E-state index >= 15 is 0 Å².